The molecule has 2 fully saturated rings. The smallest absolute Gasteiger partial charge is 0.243 e. The predicted molar refractivity (Wildman–Crippen MR) is 95.0 cm³/mol. The highest BCUT2D eigenvalue weighted by Crippen LogP contribution is 2.29. The number of carbonyl (C=O) groups is 1. The van der Waals surface area contributed by atoms with Crippen LogP contribution >= 0.6 is 11.8 Å². The fourth-order valence-corrected chi connectivity index (χ4v) is 6.24. The lowest BCUT2D eigenvalue weighted by molar-refractivity contribution is 0.0877. The normalized spacial score (nSPS) is 24.6. The number of thioether (sulfide) groups is 1. The van der Waals surface area contributed by atoms with Crippen LogP contribution in [0.25, 0.3) is 0 Å². The Kier molecular flexibility index (Phi) is 5.64. The lowest BCUT2D eigenvalue weighted by atomic mass is 10.2. The van der Waals surface area contributed by atoms with Crippen molar-refractivity contribution < 1.29 is 17.9 Å². The van der Waals surface area contributed by atoms with E-state index in [0.717, 1.165) is 30.8 Å². The first-order valence-corrected chi connectivity index (χ1v) is 10.9. The highest BCUT2D eigenvalue weighted by molar-refractivity contribution is 7.99. The monoisotopic (exact) mass is 369 g/mol. The molecule has 3 rings (SSSR count). The van der Waals surface area contributed by atoms with Gasteiger partial charge < -0.3 is 4.74 Å². The Bertz CT molecular complexity index is 692. The van der Waals surface area contributed by atoms with Crippen LogP contribution in [0.2, 0.25) is 0 Å². The number of hydrogen-bond donors (Lipinski definition) is 0. The maximum absolute atomic E-state index is 13.2. The van der Waals surface area contributed by atoms with Crippen molar-refractivity contribution in [3.63, 3.8) is 0 Å². The molecule has 0 N–H and O–H groups in total. The fourth-order valence-electron chi connectivity index (χ4n) is 3.19. The molecule has 2 aliphatic heterocycles. The number of hydrogen-bond acceptors (Lipinski definition) is 5. The number of ether oxygens (including phenoxy) is 1. The van der Waals surface area contributed by atoms with Gasteiger partial charge in [0.2, 0.25) is 10.0 Å². The molecule has 0 spiro atoms. The van der Waals surface area contributed by atoms with Crippen molar-refractivity contribution in [3.05, 3.63) is 29.8 Å². The zero-order chi connectivity index (χ0) is 17.2. The van der Waals surface area contributed by atoms with Gasteiger partial charge in [0.25, 0.3) is 0 Å². The summed E-state index contributed by atoms with van der Waals surface area (Å²) in [4.78, 5) is 11.8. The van der Waals surface area contributed by atoms with Gasteiger partial charge in [-0.1, -0.05) is 12.1 Å². The average Bonchev–Trinajstić information content (AvgIpc) is 3.26. The maximum atomic E-state index is 13.2. The van der Waals surface area contributed by atoms with E-state index >= 15 is 0 Å². The Morgan fingerprint density at radius 3 is 2.83 bits per heavy atom. The average molecular weight is 370 g/mol. The third kappa shape index (κ3) is 3.85. The SMILES string of the molecule is CC(=O)c1cccc(S(=O)(=O)N(CC2CCCO2)C2CCSC2)c1. The van der Waals surface area contributed by atoms with E-state index in [0.29, 0.717) is 18.7 Å². The number of rotatable bonds is 6. The molecule has 2 atom stereocenters. The summed E-state index contributed by atoms with van der Waals surface area (Å²) in [7, 11) is -3.64. The molecule has 2 saturated heterocycles. The van der Waals surface area contributed by atoms with E-state index in [1.54, 1.807) is 34.3 Å². The third-order valence-corrected chi connectivity index (χ3v) is 7.63. The molecule has 0 aliphatic carbocycles. The third-order valence-electron chi connectivity index (χ3n) is 4.57. The molecule has 24 heavy (non-hydrogen) atoms. The van der Waals surface area contributed by atoms with Crippen LogP contribution in [0.3, 0.4) is 0 Å². The second kappa shape index (κ2) is 7.56. The number of Topliss-reactive ketones (excluding diaryl/α,β-unsaturated/α-hetero) is 1. The standard InChI is InChI=1S/C17H23NO4S2/c1-13(19)14-4-2-6-17(10-14)24(20,21)18(15-7-9-23-12-15)11-16-5-3-8-22-16/h2,4,6,10,15-16H,3,5,7-9,11-12H2,1H3. The predicted octanol–water partition coefficient (Wildman–Crippen LogP) is 2.56. The first-order valence-electron chi connectivity index (χ1n) is 8.30. The van der Waals surface area contributed by atoms with Gasteiger partial charge in [-0.15, -0.1) is 0 Å². The summed E-state index contributed by atoms with van der Waals surface area (Å²) < 4.78 is 33.7. The largest absolute Gasteiger partial charge is 0.377 e. The van der Waals surface area contributed by atoms with Crippen molar-refractivity contribution in [2.24, 2.45) is 0 Å². The molecular weight excluding hydrogens is 346 g/mol. The number of sulfonamides is 1. The van der Waals surface area contributed by atoms with E-state index in [9.17, 15) is 13.2 Å². The first kappa shape index (κ1) is 17.9. The van der Waals surface area contributed by atoms with E-state index in [1.165, 1.54) is 13.0 Å². The Morgan fingerprint density at radius 1 is 1.38 bits per heavy atom. The molecule has 2 heterocycles. The Hall–Kier alpha value is -0.890. The van der Waals surface area contributed by atoms with Gasteiger partial charge in [-0.2, -0.15) is 16.1 Å². The molecule has 132 valence electrons. The van der Waals surface area contributed by atoms with Gasteiger partial charge >= 0.3 is 0 Å². The quantitative estimate of drug-likeness (QED) is 0.721. The van der Waals surface area contributed by atoms with Gasteiger partial charge in [0, 0.05) is 30.5 Å². The summed E-state index contributed by atoms with van der Waals surface area (Å²) in [5.41, 5.74) is 0.425. The number of carbonyl (C=O) groups excluding carboxylic acids is 1. The molecule has 0 bridgehead atoms. The summed E-state index contributed by atoms with van der Waals surface area (Å²) in [6, 6.07) is 6.36. The Morgan fingerprint density at radius 2 is 2.21 bits per heavy atom. The van der Waals surface area contributed by atoms with Crippen molar-refractivity contribution in [1.29, 1.82) is 0 Å². The molecule has 5 nitrogen and oxygen atoms in total. The van der Waals surface area contributed by atoms with Crippen LogP contribution in [0.5, 0.6) is 0 Å². The number of nitrogens with zero attached hydrogens (tertiary/aromatic N) is 1. The highest BCUT2D eigenvalue weighted by atomic mass is 32.2. The molecule has 7 heteroatoms. The number of ketones is 1. The van der Waals surface area contributed by atoms with E-state index < -0.39 is 10.0 Å². The van der Waals surface area contributed by atoms with E-state index in [4.69, 9.17) is 4.74 Å². The van der Waals surface area contributed by atoms with Crippen LogP contribution in [0, 0.1) is 0 Å². The van der Waals surface area contributed by atoms with Crippen LogP contribution in [0.1, 0.15) is 36.5 Å². The summed E-state index contributed by atoms with van der Waals surface area (Å²) in [6.07, 6.45) is 2.72. The zero-order valence-corrected chi connectivity index (χ0v) is 15.4. The molecule has 1 aromatic carbocycles. The molecular formula is C17H23NO4S2. The molecule has 0 saturated carbocycles. The van der Waals surface area contributed by atoms with Gasteiger partial charge in [-0.3, -0.25) is 4.79 Å². The van der Waals surface area contributed by atoms with Crippen molar-refractivity contribution in [2.75, 3.05) is 24.7 Å². The van der Waals surface area contributed by atoms with E-state index in [1.807, 2.05) is 0 Å². The van der Waals surface area contributed by atoms with Crippen LogP contribution in [-0.4, -0.2) is 55.3 Å². The maximum Gasteiger partial charge on any atom is 0.243 e. The minimum atomic E-state index is -3.64. The van der Waals surface area contributed by atoms with Gasteiger partial charge in [-0.25, -0.2) is 8.42 Å². The van der Waals surface area contributed by atoms with Crippen LogP contribution < -0.4 is 0 Å². The summed E-state index contributed by atoms with van der Waals surface area (Å²) in [6.45, 7) is 2.55. The topological polar surface area (TPSA) is 63.7 Å². The second-order valence-electron chi connectivity index (χ2n) is 6.31. The summed E-state index contributed by atoms with van der Waals surface area (Å²) in [5.74, 6) is 1.67. The molecule has 0 aromatic heterocycles. The lowest BCUT2D eigenvalue weighted by Gasteiger charge is -2.29. The molecule has 2 aliphatic rings. The fraction of sp³-hybridized carbons (Fsp3) is 0.588. The van der Waals surface area contributed by atoms with Crippen molar-refractivity contribution in [1.82, 2.24) is 4.31 Å². The van der Waals surface area contributed by atoms with E-state index in [2.05, 4.69) is 0 Å². The second-order valence-corrected chi connectivity index (χ2v) is 9.35. The summed E-state index contributed by atoms with van der Waals surface area (Å²) in [5, 5.41) is 0. The highest BCUT2D eigenvalue weighted by Gasteiger charge is 2.36. The van der Waals surface area contributed by atoms with Gasteiger partial charge in [0.15, 0.2) is 5.78 Å². The summed E-state index contributed by atoms with van der Waals surface area (Å²) >= 11 is 1.79. The number of benzene rings is 1. The minimum Gasteiger partial charge on any atom is -0.377 e. The Labute approximate surface area is 147 Å². The molecule has 1 aromatic rings. The zero-order valence-electron chi connectivity index (χ0n) is 13.8. The lowest BCUT2D eigenvalue weighted by Crippen LogP contribution is -2.44. The molecule has 0 radical (unpaired) electrons. The van der Waals surface area contributed by atoms with Gasteiger partial charge in [0.1, 0.15) is 0 Å². The van der Waals surface area contributed by atoms with E-state index in [-0.39, 0.29) is 22.8 Å². The van der Waals surface area contributed by atoms with Gasteiger partial charge in [-0.05, 0) is 44.1 Å². The van der Waals surface area contributed by atoms with Crippen molar-refractivity contribution in [2.45, 2.75) is 43.2 Å². The minimum absolute atomic E-state index is 0.00480. The molecule has 0 amide bonds. The van der Waals surface area contributed by atoms with Crippen molar-refractivity contribution in [3.8, 4) is 0 Å². The van der Waals surface area contributed by atoms with Gasteiger partial charge in [0.05, 0.1) is 11.0 Å². The van der Waals surface area contributed by atoms with Crippen LogP contribution in [0.15, 0.2) is 29.2 Å². The Balaban J connectivity index is 1.91. The van der Waals surface area contributed by atoms with Crippen molar-refractivity contribution >= 4 is 27.6 Å². The van der Waals surface area contributed by atoms with Crippen LogP contribution in [0.4, 0.5) is 0 Å². The first-order chi connectivity index (χ1) is 11.5. The molecule has 2 unspecified atom stereocenters. The van der Waals surface area contributed by atoms with Crippen LogP contribution in [-0.2, 0) is 14.8 Å².